The first-order valence-corrected chi connectivity index (χ1v) is 9.81. The van der Waals surface area contributed by atoms with E-state index in [1.807, 2.05) is 0 Å². The smallest absolute Gasteiger partial charge is 0.268 e. The first kappa shape index (κ1) is 20.6. The molecule has 0 bridgehead atoms. The van der Waals surface area contributed by atoms with Crippen molar-refractivity contribution in [1.82, 2.24) is 15.6 Å². The number of hydrogen-bond acceptors (Lipinski definition) is 4. The number of hydrogen-bond donors (Lipinski definition) is 3. The Bertz CT molecular complexity index is 940. The van der Waals surface area contributed by atoms with Crippen LogP contribution >= 0.6 is 11.6 Å². The summed E-state index contributed by atoms with van der Waals surface area (Å²) in [5.74, 6) is -1.02. The molecule has 0 radical (unpaired) electrons. The standard InChI is InChI=1S/C18H18ClN3O4S/c1-2-20-27(25,26)16-10-3-13(4-11-16)5-12-17(23)21-22-18(24)14-6-8-15(19)9-7-14/h3-12,20H,2H2,1H3,(H,21,23)(H,22,24)/b12-5+. The average molecular weight is 408 g/mol. The van der Waals surface area contributed by atoms with E-state index >= 15 is 0 Å². The van der Waals surface area contributed by atoms with Crippen molar-refractivity contribution in [1.29, 1.82) is 0 Å². The average Bonchev–Trinajstić information content (AvgIpc) is 2.65. The van der Waals surface area contributed by atoms with Gasteiger partial charge in [0.25, 0.3) is 11.8 Å². The van der Waals surface area contributed by atoms with Crippen LogP contribution in [0.5, 0.6) is 0 Å². The highest BCUT2D eigenvalue weighted by Gasteiger charge is 2.11. The molecule has 0 aliphatic heterocycles. The third kappa shape index (κ3) is 6.21. The predicted octanol–water partition coefficient (Wildman–Crippen LogP) is 2.11. The second-order valence-corrected chi connectivity index (χ2v) is 7.56. The zero-order valence-corrected chi connectivity index (χ0v) is 16.0. The third-order valence-electron chi connectivity index (χ3n) is 3.36. The Kier molecular flexibility index (Phi) is 7.12. The molecule has 3 N–H and O–H groups in total. The van der Waals surface area contributed by atoms with E-state index in [1.54, 1.807) is 31.2 Å². The zero-order chi connectivity index (χ0) is 19.9. The fraction of sp³-hybridized carbons (Fsp3) is 0.111. The summed E-state index contributed by atoms with van der Waals surface area (Å²) in [6.45, 7) is 1.99. The maximum Gasteiger partial charge on any atom is 0.269 e. The third-order valence-corrected chi connectivity index (χ3v) is 5.17. The van der Waals surface area contributed by atoms with Gasteiger partial charge in [0.2, 0.25) is 10.0 Å². The van der Waals surface area contributed by atoms with Gasteiger partial charge in [-0.15, -0.1) is 0 Å². The van der Waals surface area contributed by atoms with Crippen LogP contribution in [0.4, 0.5) is 0 Å². The minimum absolute atomic E-state index is 0.140. The van der Waals surface area contributed by atoms with Gasteiger partial charge in [0.15, 0.2) is 0 Å². The van der Waals surface area contributed by atoms with E-state index in [-0.39, 0.29) is 4.90 Å². The molecular formula is C18H18ClN3O4S. The van der Waals surface area contributed by atoms with Crippen LogP contribution in [0.2, 0.25) is 5.02 Å². The lowest BCUT2D eigenvalue weighted by Crippen LogP contribution is -2.40. The highest BCUT2D eigenvalue weighted by molar-refractivity contribution is 7.89. The largest absolute Gasteiger partial charge is 0.269 e. The zero-order valence-electron chi connectivity index (χ0n) is 14.4. The van der Waals surface area contributed by atoms with Gasteiger partial charge in [-0.2, -0.15) is 0 Å². The van der Waals surface area contributed by atoms with Crippen molar-refractivity contribution in [3.8, 4) is 0 Å². The molecule has 0 saturated carbocycles. The normalized spacial score (nSPS) is 11.3. The van der Waals surface area contributed by atoms with Crippen LogP contribution < -0.4 is 15.6 Å². The molecule has 2 aromatic carbocycles. The summed E-state index contributed by atoms with van der Waals surface area (Å²) in [6, 6.07) is 12.2. The Morgan fingerprint density at radius 2 is 1.63 bits per heavy atom. The molecule has 27 heavy (non-hydrogen) atoms. The van der Waals surface area contributed by atoms with Crippen molar-refractivity contribution in [2.45, 2.75) is 11.8 Å². The fourth-order valence-corrected chi connectivity index (χ4v) is 3.20. The number of carbonyl (C=O) groups excluding carboxylic acids is 2. The van der Waals surface area contributed by atoms with Crippen molar-refractivity contribution in [2.24, 2.45) is 0 Å². The summed E-state index contributed by atoms with van der Waals surface area (Å²) in [5, 5.41) is 0.503. The quantitative estimate of drug-likeness (QED) is 0.503. The predicted molar refractivity (Wildman–Crippen MR) is 103 cm³/mol. The van der Waals surface area contributed by atoms with Gasteiger partial charge >= 0.3 is 0 Å². The van der Waals surface area contributed by atoms with E-state index in [0.29, 0.717) is 22.7 Å². The Hall–Kier alpha value is -2.68. The SMILES string of the molecule is CCNS(=O)(=O)c1ccc(/C=C/C(=O)NNC(=O)c2ccc(Cl)cc2)cc1. The van der Waals surface area contributed by atoms with Crippen molar-refractivity contribution >= 4 is 39.5 Å². The Morgan fingerprint density at radius 3 is 2.22 bits per heavy atom. The van der Waals surface area contributed by atoms with Crippen LogP contribution in [0.1, 0.15) is 22.8 Å². The van der Waals surface area contributed by atoms with Crippen molar-refractivity contribution in [3.63, 3.8) is 0 Å². The van der Waals surface area contributed by atoms with E-state index in [1.165, 1.54) is 36.4 Å². The summed E-state index contributed by atoms with van der Waals surface area (Å²) >= 11 is 5.75. The van der Waals surface area contributed by atoms with E-state index in [2.05, 4.69) is 15.6 Å². The van der Waals surface area contributed by atoms with Gasteiger partial charge in [0.1, 0.15) is 0 Å². The second-order valence-electron chi connectivity index (χ2n) is 5.35. The molecule has 0 spiro atoms. The molecule has 142 valence electrons. The van der Waals surface area contributed by atoms with Gasteiger partial charge < -0.3 is 0 Å². The maximum absolute atomic E-state index is 11.9. The molecule has 2 rings (SSSR count). The van der Waals surface area contributed by atoms with Crippen LogP contribution in [0.3, 0.4) is 0 Å². The van der Waals surface area contributed by atoms with Crippen LogP contribution in [-0.4, -0.2) is 26.8 Å². The second kappa shape index (κ2) is 9.31. The lowest BCUT2D eigenvalue weighted by atomic mass is 10.2. The maximum atomic E-state index is 11.9. The molecule has 2 amide bonds. The van der Waals surface area contributed by atoms with Gasteiger partial charge in [0, 0.05) is 23.2 Å². The van der Waals surface area contributed by atoms with Crippen molar-refractivity contribution in [3.05, 3.63) is 70.8 Å². The lowest BCUT2D eigenvalue weighted by Gasteiger charge is -2.05. The van der Waals surface area contributed by atoms with Crippen LogP contribution in [0.15, 0.2) is 59.5 Å². The van der Waals surface area contributed by atoms with Crippen molar-refractivity contribution in [2.75, 3.05) is 6.54 Å². The molecule has 7 nitrogen and oxygen atoms in total. The molecule has 0 aliphatic carbocycles. The monoisotopic (exact) mass is 407 g/mol. The van der Waals surface area contributed by atoms with Crippen LogP contribution in [0, 0.1) is 0 Å². The minimum atomic E-state index is -3.51. The molecule has 0 atom stereocenters. The Labute approximate surface area is 162 Å². The van der Waals surface area contributed by atoms with Gasteiger partial charge in [-0.1, -0.05) is 30.7 Å². The van der Waals surface area contributed by atoms with E-state index < -0.39 is 21.8 Å². The first-order chi connectivity index (χ1) is 12.8. The summed E-state index contributed by atoms with van der Waals surface area (Å²) in [6.07, 6.45) is 2.71. The van der Waals surface area contributed by atoms with Gasteiger partial charge in [-0.05, 0) is 48.0 Å². The number of carbonyl (C=O) groups is 2. The molecule has 9 heteroatoms. The number of nitrogens with one attached hydrogen (secondary N) is 3. The fourth-order valence-electron chi connectivity index (χ4n) is 2.04. The summed E-state index contributed by atoms with van der Waals surface area (Å²) in [7, 11) is -3.51. The molecule has 0 unspecified atom stereocenters. The number of rotatable bonds is 6. The number of halogens is 1. The van der Waals surface area contributed by atoms with E-state index in [9.17, 15) is 18.0 Å². The minimum Gasteiger partial charge on any atom is -0.268 e. The van der Waals surface area contributed by atoms with Crippen molar-refractivity contribution < 1.29 is 18.0 Å². The number of hydrazine groups is 1. The number of sulfonamides is 1. The van der Waals surface area contributed by atoms with E-state index in [4.69, 9.17) is 11.6 Å². The Morgan fingerprint density at radius 1 is 1.00 bits per heavy atom. The summed E-state index contributed by atoms with van der Waals surface area (Å²) in [5.41, 5.74) is 5.51. The molecule has 0 aliphatic rings. The first-order valence-electron chi connectivity index (χ1n) is 7.95. The van der Waals surface area contributed by atoms with Gasteiger partial charge in [-0.25, -0.2) is 13.1 Å². The molecule has 0 saturated heterocycles. The topological polar surface area (TPSA) is 104 Å². The van der Waals surface area contributed by atoms with Crippen LogP contribution in [-0.2, 0) is 14.8 Å². The summed E-state index contributed by atoms with van der Waals surface area (Å²) in [4.78, 5) is 23.8. The molecular weight excluding hydrogens is 390 g/mol. The van der Waals surface area contributed by atoms with Crippen LogP contribution in [0.25, 0.3) is 6.08 Å². The van der Waals surface area contributed by atoms with E-state index in [0.717, 1.165) is 0 Å². The highest BCUT2D eigenvalue weighted by Crippen LogP contribution is 2.11. The summed E-state index contributed by atoms with van der Waals surface area (Å²) < 4.78 is 26.1. The molecule has 2 aromatic rings. The highest BCUT2D eigenvalue weighted by atomic mass is 35.5. The lowest BCUT2D eigenvalue weighted by molar-refractivity contribution is -0.117. The van der Waals surface area contributed by atoms with Gasteiger partial charge in [-0.3, -0.25) is 20.4 Å². The Balaban J connectivity index is 1.90. The molecule has 0 aromatic heterocycles. The molecule has 0 fully saturated rings. The van der Waals surface area contributed by atoms with Gasteiger partial charge in [0.05, 0.1) is 4.90 Å². The number of amides is 2. The molecule has 0 heterocycles. The number of benzene rings is 2.